The van der Waals surface area contributed by atoms with Crippen molar-refractivity contribution in [3.05, 3.63) is 11.1 Å². The van der Waals surface area contributed by atoms with E-state index in [9.17, 15) is 9.59 Å². The van der Waals surface area contributed by atoms with Crippen LogP contribution in [0.15, 0.2) is 5.38 Å². The van der Waals surface area contributed by atoms with Crippen LogP contribution in [0.4, 0.5) is 5.13 Å². The summed E-state index contributed by atoms with van der Waals surface area (Å²) in [5.41, 5.74) is 6.29. The number of anilines is 1. The summed E-state index contributed by atoms with van der Waals surface area (Å²) in [6.07, 6.45) is 0.296. The monoisotopic (exact) mass is 311 g/mol. The normalized spacial score (nSPS) is 16.0. The van der Waals surface area contributed by atoms with Gasteiger partial charge in [-0.1, -0.05) is 0 Å². The van der Waals surface area contributed by atoms with Crippen LogP contribution < -0.4 is 5.73 Å². The molecular weight excluding hydrogens is 290 g/mol. The van der Waals surface area contributed by atoms with Gasteiger partial charge in [-0.25, -0.2) is 4.98 Å². The molecule has 0 saturated carbocycles. The predicted octanol–water partition coefficient (Wildman–Crippen LogP) is -0.500. The van der Waals surface area contributed by atoms with Gasteiger partial charge in [0.1, 0.15) is 0 Å². The minimum absolute atomic E-state index is 0.0684. The highest BCUT2D eigenvalue weighted by atomic mass is 32.1. The largest absolute Gasteiger partial charge is 0.375 e. The topological polar surface area (TPSA) is 82.8 Å². The van der Waals surface area contributed by atoms with Crippen molar-refractivity contribution in [3.63, 3.8) is 0 Å². The fraction of sp³-hybridized carbons (Fsp3) is 0.615. The molecule has 1 aliphatic heterocycles. The Morgan fingerprint density at radius 2 is 2.00 bits per heavy atom. The van der Waals surface area contributed by atoms with Crippen LogP contribution in [-0.4, -0.2) is 78.3 Å². The first-order valence-electron chi connectivity index (χ1n) is 6.86. The van der Waals surface area contributed by atoms with E-state index in [1.54, 1.807) is 19.0 Å². The third-order valence-corrected chi connectivity index (χ3v) is 4.21. The third-order valence-electron chi connectivity index (χ3n) is 3.48. The highest BCUT2D eigenvalue weighted by Gasteiger charge is 2.23. The van der Waals surface area contributed by atoms with Crippen molar-refractivity contribution in [2.24, 2.45) is 0 Å². The number of hydrogen-bond acceptors (Lipinski definition) is 6. The molecule has 2 rings (SSSR count). The lowest BCUT2D eigenvalue weighted by Gasteiger charge is -2.34. The molecule has 2 amide bonds. The Morgan fingerprint density at radius 1 is 1.33 bits per heavy atom. The lowest BCUT2D eigenvalue weighted by Crippen LogP contribution is -2.51. The molecule has 21 heavy (non-hydrogen) atoms. The zero-order valence-electron chi connectivity index (χ0n) is 12.4. The highest BCUT2D eigenvalue weighted by molar-refractivity contribution is 7.13. The van der Waals surface area contributed by atoms with E-state index in [1.165, 1.54) is 11.3 Å². The van der Waals surface area contributed by atoms with Crippen LogP contribution in [0.1, 0.15) is 5.69 Å². The van der Waals surface area contributed by atoms with E-state index >= 15 is 0 Å². The standard InChI is InChI=1S/C13H21N5O2S/c1-16(2)12(20)8-17-3-5-18(6-4-17)11(19)7-10-9-21-13(14)15-10/h9H,3-8H2,1-2H3,(H2,14,15). The highest BCUT2D eigenvalue weighted by Crippen LogP contribution is 2.13. The molecule has 0 aliphatic carbocycles. The minimum Gasteiger partial charge on any atom is -0.375 e. The van der Waals surface area contributed by atoms with E-state index < -0.39 is 0 Å². The first kappa shape index (κ1) is 15.7. The van der Waals surface area contributed by atoms with Crippen LogP contribution in [0.2, 0.25) is 0 Å². The number of amides is 2. The summed E-state index contributed by atoms with van der Waals surface area (Å²) in [5.74, 6) is 0.159. The average Bonchev–Trinajstić information content (AvgIpc) is 2.84. The molecule has 116 valence electrons. The van der Waals surface area contributed by atoms with Gasteiger partial charge in [-0.15, -0.1) is 11.3 Å². The van der Waals surface area contributed by atoms with E-state index in [2.05, 4.69) is 9.88 Å². The molecule has 0 atom stereocenters. The number of thiazole rings is 1. The maximum atomic E-state index is 12.2. The molecule has 1 aliphatic rings. The number of nitrogens with zero attached hydrogens (tertiary/aromatic N) is 4. The zero-order chi connectivity index (χ0) is 15.4. The van der Waals surface area contributed by atoms with Gasteiger partial charge in [0.2, 0.25) is 11.8 Å². The van der Waals surface area contributed by atoms with E-state index in [1.807, 2.05) is 10.3 Å². The average molecular weight is 311 g/mol. The van der Waals surface area contributed by atoms with Crippen LogP contribution in [0.25, 0.3) is 0 Å². The van der Waals surface area contributed by atoms with Crippen LogP contribution in [-0.2, 0) is 16.0 Å². The molecular formula is C13H21N5O2S. The Morgan fingerprint density at radius 3 is 2.52 bits per heavy atom. The van der Waals surface area contributed by atoms with Gasteiger partial charge in [0.05, 0.1) is 18.7 Å². The molecule has 1 aromatic heterocycles. The molecule has 0 radical (unpaired) electrons. The second kappa shape index (κ2) is 6.86. The summed E-state index contributed by atoms with van der Waals surface area (Å²) in [7, 11) is 3.50. The van der Waals surface area contributed by atoms with Crippen LogP contribution >= 0.6 is 11.3 Å². The molecule has 2 N–H and O–H groups in total. The smallest absolute Gasteiger partial charge is 0.236 e. The Kier molecular flexibility index (Phi) is 5.13. The summed E-state index contributed by atoms with van der Waals surface area (Å²) in [6.45, 7) is 3.17. The van der Waals surface area contributed by atoms with Gasteiger partial charge in [0, 0.05) is 45.7 Å². The Balaban J connectivity index is 1.78. The molecule has 0 bridgehead atoms. The summed E-state index contributed by atoms with van der Waals surface area (Å²) >= 11 is 1.35. The molecule has 1 saturated heterocycles. The van der Waals surface area contributed by atoms with Crippen molar-refractivity contribution in [1.29, 1.82) is 0 Å². The van der Waals surface area contributed by atoms with Crippen molar-refractivity contribution >= 4 is 28.3 Å². The van der Waals surface area contributed by atoms with Gasteiger partial charge >= 0.3 is 0 Å². The molecule has 0 unspecified atom stereocenters. The number of hydrogen-bond donors (Lipinski definition) is 1. The summed E-state index contributed by atoms with van der Waals surface area (Å²) in [6, 6.07) is 0. The number of nitrogens with two attached hydrogens (primary N) is 1. The van der Waals surface area contributed by atoms with Crippen molar-refractivity contribution < 1.29 is 9.59 Å². The Labute approximate surface area is 128 Å². The van der Waals surface area contributed by atoms with E-state index in [0.717, 1.165) is 18.8 Å². The molecule has 7 nitrogen and oxygen atoms in total. The lowest BCUT2D eigenvalue weighted by molar-refractivity contribution is -0.133. The van der Waals surface area contributed by atoms with Gasteiger partial charge in [0.25, 0.3) is 0 Å². The number of carbonyl (C=O) groups is 2. The first-order chi connectivity index (χ1) is 9.95. The third kappa shape index (κ3) is 4.40. The molecule has 1 aromatic rings. The van der Waals surface area contributed by atoms with Crippen molar-refractivity contribution in [2.75, 3.05) is 52.6 Å². The number of carbonyl (C=O) groups excluding carboxylic acids is 2. The van der Waals surface area contributed by atoms with Crippen LogP contribution in [0.3, 0.4) is 0 Å². The van der Waals surface area contributed by atoms with Crippen molar-refractivity contribution in [2.45, 2.75) is 6.42 Å². The Bertz CT molecular complexity index is 508. The molecule has 0 spiro atoms. The number of likely N-dealkylation sites (N-methyl/N-ethyl adjacent to an activating group) is 1. The fourth-order valence-corrected chi connectivity index (χ4v) is 2.72. The van der Waals surface area contributed by atoms with E-state index in [-0.39, 0.29) is 11.8 Å². The maximum Gasteiger partial charge on any atom is 0.236 e. The molecule has 8 heteroatoms. The molecule has 1 fully saturated rings. The van der Waals surface area contributed by atoms with Crippen LogP contribution in [0, 0.1) is 0 Å². The number of rotatable bonds is 4. The number of nitrogen functional groups attached to an aromatic ring is 1. The van der Waals surface area contributed by atoms with Crippen molar-refractivity contribution in [3.8, 4) is 0 Å². The SMILES string of the molecule is CN(C)C(=O)CN1CCN(C(=O)Cc2csc(N)n2)CC1. The molecule has 2 heterocycles. The van der Waals surface area contributed by atoms with Gasteiger partial charge in [0.15, 0.2) is 5.13 Å². The van der Waals surface area contributed by atoms with Crippen molar-refractivity contribution in [1.82, 2.24) is 19.7 Å². The lowest BCUT2D eigenvalue weighted by atomic mass is 10.2. The van der Waals surface area contributed by atoms with Gasteiger partial charge in [-0.05, 0) is 0 Å². The Hall–Kier alpha value is -1.67. The summed E-state index contributed by atoms with van der Waals surface area (Å²) in [4.78, 5) is 33.4. The quantitative estimate of drug-likeness (QED) is 0.810. The van der Waals surface area contributed by atoms with Crippen LogP contribution in [0.5, 0.6) is 0 Å². The maximum absolute atomic E-state index is 12.2. The second-order valence-corrected chi connectivity index (χ2v) is 6.19. The van der Waals surface area contributed by atoms with Gasteiger partial charge < -0.3 is 15.5 Å². The van der Waals surface area contributed by atoms with E-state index in [0.29, 0.717) is 31.2 Å². The molecule has 0 aromatic carbocycles. The minimum atomic E-state index is 0.0684. The van der Waals surface area contributed by atoms with Gasteiger partial charge in [-0.2, -0.15) is 0 Å². The van der Waals surface area contributed by atoms with Gasteiger partial charge in [-0.3, -0.25) is 14.5 Å². The number of piperazine rings is 1. The predicted molar refractivity (Wildman–Crippen MR) is 81.9 cm³/mol. The number of aromatic nitrogens is 1. The first-order valence-corrected chi connectivity index (χ1v) is 7.74. The second-order valence-electron chi connectivity index (χ2n) is 5.30. The summed E-state index contributed by atoms with van der Waals surface area (Å²) < 4.78 is 0. The van der Waals surface area contributed by atoms with E-state index in [4.69, 9.17) is 5.73 Å². The summed E-state index contributed by atoms with van der Waals surface area (Å²) in [5, 5.41) is 2.31. The fourth-order valence-electron chi connectivity index (χ4n) is 2.16. The zero-order valence-corrected chi connectivity index (χ0v) is 13.2.